The Hall–Kier alpha value is -2.03. The van der Waals surface area contributed by atoms with Crippen molar-refractivity contribution in [1.82, 2.24) is 16.0 Å². The summed E-state index contributed by atoms with van der Waals surface area (Å²) in [5, 5.41) is 9.60. The summed E-state index contributed by atoms with van der Waals surface area (Å²) in [4.78, 5) is 16.6. The Kier molecular flexibility index (Phi) is 12.1. The van der Waals surface area contributed by atoms with Crippen LogP contribution in [0, 0.1) is 0 Å². The zero-order valence-corrected chi connectivity index (χ0v) is 19.9. The first-order chi connectivity index (χ1) is 13.6. The van der Waals surface area contributed by atoms with Gasteiger partial charge in [0.1, 0.15) is 5.76 Å². The summed E-state index contributed by atoms with van der Waals surface area (Å²) in [5.41, 5.74) is 1.65. The first-order valence-corrected chi connectivity index (χ1v) is 9.99. The van der Waals surface area contributed by atoms with E-state index in [-0.39, 0.29) is 29.9 Å². The fourth-order valence-corrected chi connectivity index (χ4v) is 2.89. The van der Waals surface area contributed by atoms with Gasteiger partial charge >= 0.3 is 0 Å². The molecule has 1 aromatic heterocycles. The van der Waals surface area contributed by atoms with Gasteiger partial charge in [-0.1, -0.05) is 38.3 Å². The van der Waals surface area contributed by atoms with E-state index in [0.29, 0.717) is 24.7 Å². The molecular weight excluding hydrogens is 479 g/mol. The Bertz CT molecular complexity index is 747. The van der Waals surface area contributed by atoms with Crippen LogP contribution in [0.4, 0.5) is 0 Å². The molecule has 0 aliphatic carbocycles. The van der Waals surface area contributed by atoms with Crippen molar-refractivity contribution >= 4 is 35.8 Å². The van der Waals surface area contributed by atoms with Gasteiger partial charge in [-0.15, -0.1) is 24.0 Å². The molecule has 1 amide bonds. The molecule has 3 N–H and O–H groups in total. The zero-order chi connectivity index (χ0) is 20.2. The SMILES string of the molecule is CCCCCC(C)NC(=NC)NCc1cccc(C(=O)NCc2ccco2)c1.I. The number of nitrogens with one attached hydrogen (secondary N) is 3. The van der Waals surface area contributed by atoms with Crippen LogP contribution in [0.1, 0.15) is 61.2 Å². The lowest BCUT2D eigenvalue weighted by Crippen LogP contribution is -2.41. The van der Waals surface area contributed by atoms with Gasteiger partial charge in [-0.3, -0.25) is 9.79 Å². The summed E-state index contributed by atoms with van der Waals surface area (Å²) in [6.07, 6.45) is 6.42. The molecule has 6 nitrogen and oxygen atoms in total. The molecule has 1 heterocycles. The normalized spacial score (nSPS) is 12.0. The van der Waals surface area contributed by atoms with E-state index < -0.39 is 0 Å². The average molecular weight is 512 g/mol. The van der Waals surface area contributed by atoms with E-state index in [1.807, 2.05) is 30.3 Å². The van der Waals surface area contributed by atoms with Crippen molar-refractivity contribution in [2.45, 2.75) is 58.7 Å². The molecule has 1 unspecified atom stereocenters. The fraction of sp³-hybridized carbons (Fsp3) is 0.455. The largest absolute Gasteiger partial charge is 0.467 e. The molecule has 160 valence electrons. The van der Waals surface area contributed by atoms with Crippen LogP contribution in [-0.4, -0.2) is 25.0 Å². The lowest BCUT2D eigenvalue weighted by atomic mass is 10.1. The highest BCUT2D eigenvalue weighted by atomic mass is 127. The number of aliphatic imine (C=N–C) groups is 1. The number of carbonyl (C=O) groups excluding carboxylic acids is 1. The van der Waals surface area contributed by atoms with Crippen molar-refractivity contribution in [2.75, 3.05) is 7.05 Å². The molecular formula is C22H33IN4O2. The first kappa shape index (κ1) is 25.0. The molecule has 7 heteroatoms. The first-order valence-electron chi connectivity index (χ1n) is 9.99. The minimum absolute atomic E-state index is 0. The van der Waals surface area contributed by atoms with Gasteiger partial charge in [0.15, 0.2) is 5.96 Å². The van der Waals surface area contributed by atoms with Gasteiger partial charge in [-0.25, -0.2) is 0 Å². The zero-order valence-electron chi connectivity index (χ0n) is 17.5. The number of hydrogen-bond donors (Lipinski definition) is 3. The maximum atomic E-state index is 12.3. The Balaban J connectivity index is 0.00000420. The summed E-state index contributed by atoms with van der Waals surface area (Å²) in [6, 6.07) is 11.6. The summed E-state index contributed by atoms with van der Waals surface area (Å²) in [6.45, 7) is 5.36. The Morgan fingerprint density at radius 3 is 2.66 bits per heavy atom. The van der Waals surface area contributed by atoms with E-state index in [4.69, 9.17) is 4.42 Å². The summed E-state index contributed by atoms with van der Waals surface area (Å²) in [7, 11) is 1.77. The van der Waals surface area contributed by atoms with Gasteiger partial charge in [-0.05, 0) is 43.2 Å². The van der Waals surface area contributed by atoms with Crippen LogP contribution in [0.5, 0.6) is 0 Å². The lowest BCUT2D eigenvalue weighted by Gasteiger charge is -2.18. The number of halogens is 1. The van der Waals surface area contributed by atoms with E-state index in [2.05, 4.69) is 34.8 Å². The summed E-state index contributed by atoms with van der Waals surface area (Å²) >= 11 is 0. The van der Waals surface area contributed by atoms with Crippen molar-refractivity contribution in [3.63, 3.8) is 0 Å². The van der Waals surface area contributed by atoms with Gasteiger partial charge in [0.05, 0.1) is 12.8 Å². The monoisotopic (exact) mass is 512 g/mol. The maximum absolute atomic E-state index is 12.3. The minimum Gasteiger partial charge on any atom is -0.467 e. The van der Waals surface area contributed by atoms with Crippen molar-refractivity contribution in [3.05, 3.63) is 59.5 Å². The number of rotatable bonds is 10. The minimum atomic E-state index is -0.120. The second kappa shape index (κ2) is 14.0. The van der Waals surface area contributed by atoms with Crippen LogP contribution < -0.4 is 16.0 Å². The van der Waals surface area contributed by atoms with Gasteiger partial charge in [0, 0.05) is 25.2 Å². The Morgan fingerprint density at radius 2 is 1.97 bits per heavy atom. The van der Waals surface area contributed by atoms with Crippen molar-refractivity contribution in [2.24, 2.45) is 4.99 Å². The topological polar surface area (TPSA) is 78.7 Å². The third-order valence-corrected chi connectivity index (χ3v) is 4.50. The molecule has 0 bridgehead atoms. The van der Waals surface area contributed by atoms with Gasteiger partial charge in [0.25, 0.3) is 5.91 Å². The van der Waals surface area contributed by atoms with E-state index in [1.165, 1.54) is 19.3 Å². The van der Waals surface area contributed by atoms with Crippen LogP contribution in [-0.2, 0) is 13.1 Å². The number of amides is 1. The third-order valence-electron chi connectivity index (χ3n) is 4.50. The second-order valence-corrected chi connectivity index (χ2v) is 6.93. The maximum Gasteiger partial charge on any atom is 0.251 e. The lowest BCUT2D eigenvalue weighted by molar-refractivity contribution is 0.0948. The number of carbonyl (C=O) groups is 1. The highest BCUT2D eigenvalue weighted by Crippen LogP contribution is 2.07. The van der Waals surface area contributed by atoms with E-state index in [0.717, 1.165) is 23.7 Å². The molecule has 0 saturated carbocycles. The predicted octanol–water partition coefficient (Wildman–Crippen LogP) is 4.46. The predicted molar refractivity (Wildman–Crippen MR) is 129 cm³/mol. The molecule has 2 aromatic rings. The summed E-state index contributed by atoms with van der Waals surface area (Å²) in [5.74, 6) is 1.39. The quantitative estimate of drug-likeness (QED) is 0.190. The number of unbranched alkanes of at least 4 members (excludes halogenated alkanes) is 2. The van der Waals surface area contributed by atoms with Gasteiger partial charge < -0.3 is 20.4 Å². The number of benzene rings is 1. The summed E-state index contributed by atoms with van der Waals surface area (Å²) < 4.78 is 5.24. The second-order valence-electron chi connectivity index (χ2n) is 6.93. The molecule has 0 radical (unpaired) electrons. The van der Waals surface area contributed by atoms with Crippen molar-refractivity contribution in [1.29, 1.82) is 0 Å². The van der Waals surface area contributed by atoms with Crippen LogP contribution in [0.25, 0.3) is 0 Å². The van der Waals surface area contributed by atoms with Crippen molar-refractivity contribution < 1.29 is 9.21 Å². The van der Waals surface area contributed by atoms with Gasteiger partial charge in [0.2, 0.25) is 0 Å². The third kappa shape index (κ3) is 9.34. The fourth-order valence-electron chi connectivity index (χ4n) is 2.89. The molecule has 0 spiro atoms. The van der Waals surface area contributed by atoms with Gasteiger partial charge in [-0.2, -0.15) is 0 Å². The molecule has 29 heavy (non-hydrogen) atoms. The molecule has 0 saturated heterocycles. The molecule has 1 atom stereocenters. The smallest absolute Gasteiger partial charge is 0.251 e. The van der Waals surface area contributed by atoms with Crippen LogP contribution >= 0.6 is 24.0 Å². The molecule has 0 fully saturated rings. The van der Waals surface area contributed by atoms with E-state index in [1.54, 1.807) is 19.4 Å². The average Bonchev–Trinajstić information content (AvgIpc) is 3.23. The van der Waals surface area contributed by atoms with Crippen LogP contribution in [0.3, 0.4) is 0 Å². The number of furan rings is 1. The Morgan fingerprint density at radius 1 is 1.14 bits per heavy atom. The highest BCUT2D eigenvalue weighted by Gasteiger charge is 2.08. The number of nitrogens with zero attached hydrogens (tertiary/aromatic N) is 1. The molecule has 2 rings (SSSR count). The van der Waals surface area contributed by atoms with E-state index >= 15 is 0 Å². The molecule has 0 aliphatic rings. The standard InChI is InChI=1S/C22H32N4O2.HI/c1-4-5-6-9-17(2)26-22(23-3)25-15-18-10-7-11-19(14-18)21(27)24-16-20-12-8-13-28-20;/h7-8,10-14,17H,4-6,9,15-16H2,1-3H3,(H,24,27)(H2,23,25,26);1H. The highest BCUT2D eigenvalue weighted by molar-refractivity contribution is 14.0. The molecule has 1 aromatic carbocycles. The van der Waals surface area contributed by atoms with E-state index in [9.17, 15) is 4.79 Å². The molecule has 0 aliphatic heterocycles. The van der Waals surface area contributed by atoms with Crippen LogP contribution in [0.15, 0.2) is 52.1 Å². The number of hydrogen-bond acceptors (Lipinski definition) is 3. The number of guanidine groups is 1. The van der Waals surface area contributed by atoms with Crippen LogP contribution in [0.2, 0.25) is 0 Å². The van der Waals surface area contributed by atoms with Crippen molar-refractivity contribution in [3.8, 4) is 0 Å². The Labute approximate surface area is 191 Å².